The lowest BCUT2D eigenvalue weighted by atomic mass is 10.2. The lowest BCUT2D eigenvalue weighted by molar-refractivity contribution is -0.127. The highest BCUT2D eigenvalue weighted by molar-refractivity contribution is 7.99. The molecule has 0 aliphatic heterocycles. The molecule has 29 heavy (non-hydrogen) atoms. The van der Waals surface area contributed by atoms with E-state index >= 15 is 0 Å². The fourth-order valence-electron chi connectivity index (χ4n) is 2.68. The van der Waals surface area contributed by atoms with Crippen molar-refractivity contribution in [3.8, 4) is 0 Å². The Kier molecular flexibility index (Phi) is 7.02. The summed E-state index contributed by atoms with van der Waals surface area (Å²) < 4.78 is 0. The third-order valence-electron chi connectivity index (χ3n) is 4.07. The van der Waals surface area contributed by atoms with Crippen molar-refractivity contribution >= 4 is 46.0 Å². The third kappa shape index (κ3) is 5.68. The van der Waals surface area contributed by atoms with E-state index in [0.717, 1.165) is 16.6 Å². The molecule has 0 unspecified atom stereocenters. The minimum atomic E-state index is -0.587. The van der Waals surface area contributed by atoms with Gasteiger partial charge in [-0.2, -0.15) is 0 Å². The molecule has 0 fully saturated rings. The number of likely N-dealkylation sites (N-methyl/N-ethyl adjacent to an activating group) is 1. The number of amides is 2. The van der Waals surface area contributed by atoms with Crippen molar-refractivity contribution in [2.75, 3.05) is 17.6 Å². The average Bonchev–Trinajstić information content (AvgIpc) is 2.73. The molecule has 0 aliphatic carbocycles. The Hall–Kier alpha value is -3.13. The first-order valence-corrected chi connectivity index (χ1v) is 10.3. The van der Waals surface area contributed by atoms with Gasteiger partial charge in [0.25, 0.3) is 0 Å². The number of thioether (sulfide) groups is 1. The molecule has 1 heterocycles. The van der Waals surface area contributed by atoms with E-state index in [1.54, 1.807) is 6.92 Å². The summed E-state index contributed by atoms with van der Waals surface area (Å²) in [4.78, 5) is 33.1. The minimum Gasteiger partial charge on any atom is -0.355 e. The number of rotatable bonds is 8. The maximum absolute atomic E-state index is 12.2. The Morgan fingerprint density at radius 2 is 1.76 bits per heavy atom. The van der Waals surface area contributed by atoms with Crippen LogP contribution in [-0.4, -0.2) is 40.1 Å². The van der Waals surface area contributed by atoms with E-state index < -0.39 is 6.04 Å². The van der Waals surface area contributed by atoms with Crippen LogP contribution >= 0.6 is 11.8 Å². The standard InChI is InChI=1S/C21H23N5O2S/c1-3-22-20(28)14(2)23-18(27)13-29-21-25-17-12-8-7-11-16(17)19(26-21)24-15-9-5-4-6-10-15/h4-12,14H,3,13H2,1-2H3,(H,22,28)(H,23,27)(H,24,25,26)/t14-/m1/s1. The van der Waals surface area contributed by atoms with Crippen molar-refractivity contribution in [3.63, 3.8) is 0 Å². The summed E-state index contributed by atoms with van der Waals surface area (Å²) >= 11 is 1.23. The number of carbonyl (C=O) groups excluding carboxylic acids is 2. The number of para-hydroxylation sites is 2. The van der Waals surface area contributed by atoms with Crippen LogP contribution in [-0.2, 0) is 9.59 Å². The lowest BCUT2D eigenvalue weighted by Crippen LogP contribution is -2.45. The van der Waals surface area contributed by atoms with Crippen LogP contribution < -0.4 is 16.0 Å². The molecule has 8 heteroatoms. The minimum absolute atomic E-state index is 0.118. The first-order valence-electron chi connectivity index (χ1n) is 9.35. The van der Waals surface area contributed by atoms with Crippen LogP contribution in [0.5, 0.6) is 0 Å². The number of anilines is 2. The van der Waals surface area contributed by atoms with Gasteiger partial charge in [0.15, 0.2) is 5.16 Å². The van der Waals surface area contributed by atoms with Crippen LogP contribution in [0, 0.1) is 0 Å². The number of nitrogens with zero attached hydrogens (tertiary/aromatic N) is 2. The molecule has 0 aliphatic rings. The quantitative estimate of drug-likeness (QED) is 0.391. The maximum Gasteiger partial charge on any atom is 0.242 e. The number of nitrogens with one attached hydrogen (secondary N) is 3. The lowest BCUT2D eigenvalue weighted by Gasteiger charge is -2.13. The fraction of sp³-hybridized carbons (Fsp3) is 0.238. The maximum atomic E-state index is 12.2. The Morgan fingerprint density at radius 1 is 1.03 bits per heavy atom. The molecule has 3 rings (SSSR count). The Morgan fingerprint density at radius 3 is 2.52 bits per heavy atom. The highest BCUT2D eigenvalue weighted by Crippen LogP contribution is 2.26. The molecule has 0 bridgehead atoms. The highest BCUT2D eigenvalue weighted by Gasteiger charge is 2.16. The first kappa shape index (κ1) is 20.6. The monoisotopic (exact) mass is 409 g/mol. The molecule has 2 amide bonds. The molecule has 1 aromatic heterocycles. The van der Waals surface area contributed by atoms with Gasteiger partial charge in [0, 0.05) is 17.6 Å². The van der Waals surface area contributed by atoms with Crippen LogP contribution in [0.15, 0.2) is 59.8 Å². The first-order chi connectivity index (χ1) is 14.1. The zero-order valence-corrected chi connectivity index (χ0v) is 17.1. The van der Waals surface area contributed by atoms with Crippen molar-refractivity contribution in [1.29, 1.82) is 0 Å². The molecule has 2 aromatic carbocycles. The van der Waals surface area contributed by atoms with Gasteiger partial charge < -0.3 is 16.0 Å². The Bertz CT molecular complexity index is 997. The molecular formula is C21H23N5O2S. The zero-order valence-electron chi connectivity index (χ0n) is 16.3. The van der Waals surface area contributed by atoms with Gasteiger partial charge in [0.2, 0.25) is 11.8 Å². The predicted molar refractivity (Wildman–Crippen MR) is 116 cm³/mol. The average molecular weight is 410 g/mol. The van der Waals surface area contributed by atoms with E-state index in [-0.39, 0.29) is 17.6 Å². The second-order valence-electron chi connectivity index (χ2n) is 6.34. The van der Waals surface area contributed by atoms with Gasteiger partial charge in [0.05, 0.1) is 11.3 Å². The van der Waals surface area contributed by atoms with E-state index in [1.165, 1.54) is 11.8 Å². The molecule has 0 saturated heterocycles. The van der Waals surface area contributed by atoms with Crippen LogP contribution in [0.2, 0.25) is 0 Å². The molecule has 1 atom stereocenters. The van der Waals surface area contributed by atoms with Gasteiger partial charge in [-0.1, -0.05) is 42.1 Å². The molecule has 3 aromatic rings. The van der Waals surface area contributed by atoms with Gasteiger partial charge in [0.1, 0.15) is 11.9 Å². The van der Waals surface area contributed by atoms with Crippen LogP contribution in [0.4, 0.5) is 11.5 Å². The van der Waals surface area contributed by atoms with Gasteiger partial charge in [-0.15, -0.1) is 0 Å². The second kappa shape index (κ2) is 9.88. The smallest absolute Gasteiger partial charge is 0.242 e. The van der Waals surface area contributed by atoms with E-state index in [2.05, 4.69) is 25.9 Å². The molecule has 0 radical (unpaired) electrons. The normalized spacial score (nSPS) is 11.7. The number of hydrogen-bond donors (Lipinski definition) is 3. The summed E-state index contributed by atoms with van der Waals surface area (Å²) in [6.45, 7) is 4.01. The van der Waals surface area contributed by atoms with Crippen LogP contribution in [0.1, 0.15) is 13.8 Å². The van der Waals surface area contributed by atoms with Crippen molar-refractivity contribution in [1.82, 2.24) is 20.6 Å². The summed E-state index contributed by atoms with van der Waals surface area (Å²) in [5.41, 5.74) is 1.71. The summed E-state index contributed by atoms with van der Waals surface area (Å²) in [7, 11) is 0. The number of fused-ring (bicyclic) bond motifs is 1. The summed E-state index contributed by atoms with van der Waals surface area (Å²) in [5.74, 6) is 0.345. The molecule has 150 valence electrons. The second-order valence-corrected chi connectivity index (χ2v) is 7.28. The number of benzene rings is 2. The van der Waals surface area contributed by atoms with E-state index in [9.17, 15) is 9.59 Å². The van der Waals surface area contributed by atoms with Crippen molar-refractivity contribution in [3.05, 3.63) is 54.6 Å². The molecular weight excluding hydrogens is 386 g/mol. The molecule has 0 saturated carbocycles. The van der Waals surface area contributed by atoms with E-state index in [0.29, 0.717) is 17.5 Å². The largest absolute Gasteiger partial charge is 0.355 e. The zero-order chi connectivity index (χ0) is 20.6. The van der Waals surface area contributed by atoms with Gasteiger partial charge >= 0.3 is 0 Å². The Labute approximate surface area is 173 Å². The van der Waals surface area contributed by atoms with Crippen LogP contribution in [0.25, 0.3) is 10.9 Å². The topological polar surface area (TPSA) is 96.0 Å². The van der Waals surface area contributed by atoms with Gasteiger partial charge in [-0.3, -0.25) is 9.59 Å². The van der Waals surface area contributed by atoms with Crippen molar-refractivity contribution in [2.24, 2.45) is 0 Å². The Balaban J connectivity index is 1.72. The number of hydrogen-bond acceptors (Lipinski definition) is 6. The van der Waals surface area contributed by atoms with Gasteiger partial charge in [-0.25, -0.2) is 9.97 Å². The van der Waals surface area contributed by atoms with Crippen LogP contribution in [0.3, 0.4) is 0 Å². The highest BCUT2D eigenvalue weighted by atomic mass is 32.2. The molecule has 0 spiro atoms. The summed E-state index contributed by atoms with van der Waals surface area (Å²) in [6.07, 6.45) is 0. The summed E-state index contributed by atoms with van der Waals surface area (Å²) in [6, 6.07) is 16.9. The van der Waals surface area contributed by atoms with E-state index in [1.807, 2.05) is 61.5 Å². The molecule has 3 N–H and O–H groups in total. The van der Waals surface area contributed by atoms with Crippen molar-refractivity contribution < 1.29 is 9.59 Å². The van der Waals surface area contributed by atoms with Gasteiger partial charge in [-0.05, 0) is 38.1 Å². The third-order valence-corrected chi connectivity index (χ3v) is 4.92. The number of carbonyl (C=O) groups is 2. The SMILES string of the molecule is CCNC(=O)[C@@H](C)NC(=O)CSc1nc(Nc2ccccc2)c2ccccc2n1. The predicted octanol–water partition coefficient (Wildman–Crippen LogP) is 3.11. The van der Waals surface area contributed by atoms with Crippen molar-refractivity contribution in [2.45, 2.75) is 25.0 Å². The molecule has 7 nitrogen and oxygen atoms in total. The number of aromatic nitrogens is 2. The fourth-order valence-corrected chi connectivity index (χ4v) is 3.34. The summed E-state index contributed by atoms with van der Waals surface area (Å²) in [5, 5.41) is 10.1. The van der Waals surface area contributed by atoms with E-state index in [4.69, 9.17) is 0 Å².